The molecule has 1 aliphatic carbocycles. The van der Waals surface area contributed by atoms with Crippen LogP contribution in [0.3, 0.4) is 0 Å². The molecule has 0 amide bonds. The van der Waals surface area contributed by atoms with Crippen LogP contribution in [-0.4, -0.2) is 19.8 Å². The van der Waals surface area contributed by atoms with E-state index in [1.807, 2.05) is 6.07 Å². The van der Waals surface area contributed by atoms with E-state index < -0.39 is 0 Å². The normalized spacial score (nSPS) is 14.9. The van der Waals surface area contributed by atoms with Crippen molar-refractivity contribution in [3.63, 3.8) is 0 Å². The van der Waals surface area contributed by atoms with Crippen molar-refractivity contribution in [2.75, 3.05) is 25.5 Å². The summed E-state index contributed by atoms with van der Waals surface area (Å²) < 4.78 is 6.71. The fourth-order valence-corrected chi connectivity index (χ4v) is 2.33. The van der Waals surface area contributed by atoms with Crippen LogP contribution in [0.25, 0.3) is 0 Å². The first kappa shape index (κ1) is 14.1. The van der Waals surface area contributed by atoms with E-state index in [-0.39, 0.29) is 0 Å². The zero-order valence-electron chi connectivity index (χ0n) is 10.6. The summed E-state index contributed by atoms with van der Waals surface area (Å²) in [6.07, 6.45) is 3.82. The van der Waals surface area contributed by atoms with Crippen molar-refractivity contribution in [1.82, 2.24) is 5.32 Å². The minimum Gasteiger partial charge on any atom is -0.398 e. The highest BCUT2D eigenvalue weighted by Gasteiger charge is 2.20. The van der Waals surface area contributed by atoms with Crippen molar-refractivity contribution < 1.29 is 4.74 Å². The third kappa shape index (κ3) is 5.12. The fourth-order valence-electron chi connectivity index (χ4n) is 1.75. The molecule has 3 N–H and O–H groups in total. The number of benzene rings is 1. The summed E-state index contributed by atoms with van der Waals surface area (Å²) in [7, 11) is 0. The number of rotatable bonds is 8. The fraction of sp³-hybridized carbons (Fsp3) is 0.571. The molecule has 100 valence electrons. The van der Waals surface area contributed by atoms with Gasteiger partial charge in [0.05, 0.1) is 0 Å². The van der Waals surface area contributed by atoms with E-state index in [2.05, 4.69) is 40.0 Å². The molecule has 0 spiro atoms. The lowest BCUT2D eigenvalue weighted by Gasteiger charge is -2.07. The van der Waals surface area contributed by atoms with Crippen LogP contribution in [-0.2, 0) is 11.3 Å². The molecule has 2 rings (SSSR count). The van der Waals surface area contributed by atoms with Crippen molar-refractivity contribution in [3.05, 3.63) is 27.3 Å². The minimum absolute atomic E-state index is 0.854. The highest BCUT2D eigenvalue weighted by Crippen LogP contribution is 2.28. The SMILES string of the molecule is Nc1ccc(CNCCCOCC2CC2)cc1I. The van der Waals surface area contributed by atoms with Crippen LogP contribution < -0.4 is 11.1 Å². The molecule has 0 heterocycles. The zero-order valence-corrected chi connectivity index (χ0v) is 12.8. The molecule has 0 bridgehead atoms. The minimum atomic E-state index is 0.854. The van der Waals surface area contributed by atoms with E-state index in [1.165, 1.54) is 18.4 Å². The topological polar surface area (TPSA) is 47.3 Å². The number of anilines is 1. The molecule has 1 fully saturated rings. The Morgan fingerprint density at radius 3 is 2.94 bits per heavy atom. The molecule has 0 aromatic heterocycles. The molecule has 0 atom stereocenters. The van der Waals surface area contributed by atoms with E-state index in [4.69, 9.17) is 10.5 Å². The Morgan fingerprint density at radius 1 is 1.39 bits per heavy atom. The Morgan fingerprint density at radius 2 is 2.22 bits per heavy atom. The number of nitrogen functional groups attached to an aromatic ring is 1. The van der Waals surface area contributed by atoms with Gasteiger partial charge in [0.2, 0.25) is 0 Å². The highest BCUT2D eigenvalue weighted by molar-refractivity contribution is 14.1. The van der Waals surface area contributed by atoms with Gasteiger partial charge in [0.15, 0.2) is 0 Å². The molecular formula is C14H21IN2O. The van der Waals surface area contributed by atoms with Gasteiger partial charge in [-0.3, -0.25) is 0 Å². The first-order valence-corrected chi connectivity index (χ1v) is 7.66. The van der Waals surface area contributed by atoms with Crippen molar-refractivity contribution in [3.8, 4) is 0 Å². The molecule has 1 aromatic carbocycles. The number of hydrogen-bond acceptors (Lipinski definition) is 3. The Bertz CT molecular complexity index is 380. The van der Waals surface area contributed by atoms with Gasteiger partial charge in [-0.15, -0.1) is 0 Å². The second-order valence-corrected chi connectivity index (χ2v) is 6.07. The average Bonchev–Trinajstić information content (AvgIpc) is 3.16. The maximum Gasteiger partial charge on any atom is 0.0494 e. The summed E-state index contributed by atoms with van der Waals surface area (Å²) in [5.74, 6) is 0.870. The Balaban J connectivity index is 1.52. The Kier molecular flexibility index (Phi) is 5.72. The third-order valence-electron chi connectivity index (χ3n) is 3.09. The van der Waals surface area contributed by atoms with Gasteiger partial charge in [0, 0.05) is 29.0 Å². The Hall–Kier alpha value is -0.330. The van der Waals surface area contributed by atoms with Crippen LogP contribution in [0.15, 0.2) is 18.2 Å². The molecular weight excluding hydrogens is 339 g/mol. The van der Waals surface area contributed by atoms with Gasteiger partial charge in [-0.2, -0.15) is 0 Å². The highest BCUT2D eigenvalue weighted by atomic mass is 127. The largest absolute Gasteiger partial charge is 0.398 e. The lowest BCUT2D eigenvalue weighted by Crippen LogP contribution is -2.16. The Labute approximate surface area is 123 Å². The molecule has 18 heavy (non-hydrogen) atoms. The van der Waals surface area contributed by atoms with Gasteiger partial charge in [-0.25, -0.2) is 0 Å². The van der Waals surface area contributed by atoms with E-state index in [9.17, 15) is 0 Å². The first-order valence-electron chi connectivity index (χ1n) is 6.58. The van der Waals surface area contributed by atoms with Gasteiger partial charge in [-0.05, 0) is 72.0 Å². The van der Waals surface area contributed by atoms with Crippen molar-refractivity contribution in [1.29, 1.82) is 0 Å². The number of halogens is 1. The van der Waals surface area contributed by atoms with Crippen molar-refractivity contribution >= 4 is 28.3 Å². The number of hydrogen-bond donors (Lipinski definition) is 2. The average molecular weight is 360 g/mol. The van der Waals surface area contributed by atoms with Crippen LogP contribution in [0.5, 0.6) is 0 Å². The summed E-state index contributed by atoms with van der Waals surface area (Å²) in [5, 5.41) is 3.43. The molecule has 3 nitrogen and oxygen atoms in total. The lowest BCUT2D eigenvalue weighted by molar-refractivity contribution is 0.122. The van der Waals surface area contributed by atoms with Crippen LogP contribution in [0, 0.1) is 9.49 Å². The van der Waals surface area contributed by atoms with E-state index >= 15 is 0 Å². The quantitative estimate of drug-likeness (QED) is 0.426. The summed E-state index contributed by atoms with van der Waals surface area (Å²) in [6.45, 7) is 3.75. The number of nitrogens with one attached hydrogen (secondary N) is 1. The van der Waals surface area contributed by atoms with Gasteiger partial charge >= 0.3 is 0 Å². The molecule has 1 aliphatic rings. The van der Waals surface area contributed by atoms with Crippen molar-refractivity contribution in [2.45, 2.75) is 25.8 Å². The molecule has 0 radical (unpaired) electrons. The predicted molar refractivity (Wildman–Crippen MR) is 83.4 cm³/mol. The number of nitrogens with two attached hydrogens (primary N) is 1. The second-order valence-electron chi connectivity index (χ2n) is 4.90. The molecule has 0 saturated heterocycles. The maximum absolute atomic E-state index is 5.78. The van der Waals surface area contributed by atoms with Crippen LogP contribution >= 0.6 is 22.6 Å². The van der Waals surface area contributed by atoms with Crippen LogP contribution in [0.2, 0.25) is 0 Å². The van der Waals surface area contributed by atoms with Crippen LogP contribution in [0.1, 0.15) is 24.8 Å². The molecule has 1 aromatic rings. The molecule has 0 aliphatic heterocycles. The molecule has 4 heteroatoms. The van der Waals surface area contributed by atoms with Gasteiger partial charge in [-0.1, -0.05) is 6.07 Å². The summed E-state index contributed by atoms with van der Waals surface area (Å²) in [4.78, 5) is 0. The molecule has 0 unspecified atom stereocenters. The zero-order chi connectivity index (χ0) is 12.8. The van der Waals surface area contributed by atoms with Gasteiger partial charge in [0.25, 0.3) is 0 Å². The van der Waals surface area contributed by atoms with Crippen molar-refractivity contribution in [2.24, 2.45) is 5.92 Å². The van der Waals surface area contributed by atoms with E-state index in [1.54, 1.807) is 0 Å². The van der Waals surface area contributed by atoms with E-state index in [0.717, 1.165) is 47.9 Å². The van der Waals surface area contributed by atoms with Gasteiger partial charge < -0.3 is 15.8 Å². The van der Waals surface area contributed by atoms with Crippen LogP contribution in [0.4, 0.5) is 5.69 Å². The maximum atomic E-state index is 5.78. The third-order valence-corrected chi connectivity index (χ3v) is 4.02. The number of ether oxygens (including phenoxy) is 1. The monoisotopic (exact) mass is 360 g/mol. The lowest BCUT2D eigenvalue weighted by atomic mass is 10.2. The predicted octanol–water partition coefficient (Wildman–Crippen LogP) is 2.78. The summed E-state index contributed by atoms with van der Waals surface area (Å²) >= 11 is 2.27. The smallest absolute Gasteiger partial charge is 0.0494 e. The van der Waals surface area contributed by atoms with Gasteiger partial charge in [0.1, 0.15) is 0 Å². The molecule has 1 saturated carbocycles. The summed E-state index contributed by atoms with van der Waals surface area (Å²) in [6, 6.07) is 6.18. The van der Waals surface area contributed by atoms with E-state index in [0.29, 0.717) is 0 Å². The summed E-state index contributed by atoms with van der Waals surface area (Å²) in [5.41, 5.74) is 7.92. The first-order chi connectivity index (χ1) is 8.75. The standard InChI is InChI=1S/C14H21IN2O/c15-13-8-12(4-5-14(13)16)9-17-6-1-7-18-10-11-2-3-11/h4-5,8,11,17H,1-3,6-7,9-10,16H2. The second kappa shape index (κ2) is 7.31.